The number of anilines is 2. The van der Waals surface area contributed by atoms with Gasteiger partial charge in [0.05, 0.1) is 33.5 Å². The van der Waals surface area contributed by atoms with E-state index in [-0.39, 0.29) is 16.6 Å². The molecule has 0 amide bonds. The first kappa shape index (κ1) is 40.0. The molecule has 288 valence electrons. The first-order valence-electron chi connectivity index (χ1n) is 19.4. The van der Waals surface area contributed by atoms with Crippen molar-refractivity contribution in [3.05, 3.63) is 48.0 Å². The summed E-state index contributed by atoms with van der Waals surface area (Å²) >= 11 is 0. The van der Waals surface area contributed by atoms with Crippen molar-refractivity contribution in [3.63, 3.8) is 0 Å². The van der Waals surface area contributed by atoms with Crippen molar-refractivity contribution in [1.82, 2.24) is 19.1 Å². The summed E-state index contributed by atoms with van der Waals surface area (Å²) in [6.45, 7) is 20.8. The van der Waals surface area contributed by atoms with Crippen LogP contribution in [0.25, 0.3) is 22.1 Å². The van der Waals surface area contributed by atoms with Gasteiger partial charge in [-0.25, -0.2) is 18.4 Å². The summed E-state index contributed by atoms with van der Waals surface area (Å²) < 4.78 is 42.7. The molecule has 0 saturated carbocycles. The lowest BCUT2D eigenvalue weighted by Crippen LogP contribution is -2.29. The molecule has 10 nitrogen and oxygen atoms in total. The first-order chi connectivity index (χ1) is 24.6. The van der Waals surface area contributed by atoms with Crippen molar-refractivity contribution >= 4 is 43.5 Å². The second-order valence-electron chi connectivity index (χ2n) is 16.8. The molecule has 0 spiro atoms. The summed E-state index contributed by atoms with van der Waals surface area (Å²) in [5.41, 5.74) is 6.01. The van der Waals surface area contributed by atoms with Gasteiger partial charge in [0, 0.05) is 70.1 Å². The van der Waals surface area contributed by atoms with Gasteiger partial charge in [-0.15, -0.1) is 0 Å². The number of nitrogens with zero attached hydrogens (tertiary/aromatic N) is 5. The predicted molar refractivity (Wildman–Crippen MR) is 215 cm³/mol. The third-order valence-electron chi connectivity index (χ3n) is 10.5. The number of aromatic nitrogens is 4. The average Bonchev–Trinajstić information content (AvgIpc) is 3.67. The summed E-state index contributed by atoms with van der Waals surface area (Å²) in [4.78, 5) is 9.91. The molecule has 52 heavy (non-hydrogen) atoms. The maximum absolute atomic E-state index is 12.7. The summed E-state index contributed by atoms with van der Waals surface area (Å²) in [5, 5.41) is 3.20. The molecule has 6 rings (SSSR count). The number of sulfonamides is 1. The molecule has 0 aliphatic carbocycles. The van der Waals surface area contributed by atoms with Crippen molar-refractivity contribution in [2.24, 2.45) is 11.8 Å². The van der Waals surface area contributed by atoms with Gasteiger partial charge in [0.1, 0.15) is 11.6 Å². The lowest BCUT2D eigenvalue weighted by atomic mass is 9.94. The van der Waals surface area contributed by atoms with Crippen LogP contribution in [-0.4, -0.2) is 73.8 Å². The van der Waals surface area contributed by atoms with Crippen LogP contribution in [0.4, 0.5) is 11.4 Å². The first-order valence-corrected chi connectivity index (χ1v) is 21.0. The van der Waals surface area contributed by atoms with Crippen LogP contribution in [0, 0.1) is 11.8 Å². The van der Waals surface area contributed by atoms with E-state index in [9.17, 15) is 8.42 Å². The van der Waals surface area contributed by atoms with Crippen LogP contribution in [0.3, 0.4) is 0 Å². The number of ether oxygens (including phenoxy) is 2. The van der Waals surface area contributed by atoms with E-state index in [4.69, 9.17) is 19.4 Å². The highest BCUT2D eigenvalue weighted by Crippen LogP contribution is 2.33. The van der Waals surface area contributed by atoms with E-state index in [1.807, 2.05) is 25.2 Å². The number of hydrogen-bond acceptors (Lipinski definition) is 7. The maximum atomic E-state index is 12.7. The fourth-order valence-electron chi connectivity index (χ4n) is 7.32. The van der Waals surface area contributed by atoms with Gasteiger partial charge < -0.3 is 23.9 Å². The molecular formula is C41H64N6O4S. The highest BCUT2D eigenvalue weighted by atomic mass is 32.2. The Balaban J connectivity index is 0.000000210. The molecule has 0 unspecified atom stereocenters. The molecule has 0 atom stereocenters. The van der Waals surface area contributed by atoms with Gasteiger partial charge in [-0.3, -0.25) is 4.31 Å². The topological polar surface area (TPSA) is 104 Å². The van der Waals surface area contributed by atoms with Crippen LogP contribution in [0.15, 0.2) is 36.4 Å². The Hall–Kier alpha value is -3.15. The minimum Gasteiger partial charge on any atom is -0.388 e. The molecule has 2 aliphatic rings. The standard InChI is InChI=1S/C23H37N3O3S.C18H27N3O/c1-6-7-8-15-30(27,28)25(5)19-9-10-21-20(16-19)24-22(23(2,3)4)26(21)17-18-11-13-29-14-12-18;1-18(2,3)17-20-15-11-14(19-4)5-6-16(15)21(17)12-13-7-9-22-10-8-13/h9-10,16,18H,6-8,11-15,17H2,1-5H3;5-6,11,13,19H,7-10,12H2,1-4H3. The molecule has 2 aromatic carbocycles. The number of nitrogens with one attached hydrogen (secondary N) is 1. The normalized spacial score (nSPS) is 16.6. The Morgan fingerprint density at radius 3 is 1.71 bits per heavy atom. The Morgan fingerprint density at radius 1 is 0.769 bits per heavy atom. The zero-order chi connectivity index (χ0) is 37.7. The van der Waals surface area contributed by atoms with Crippen molar-refractivity contribution < 1.29 is 17.9 Å². The SMILES string of the molecule is CCCCCS(=O)(=O)N(C)c1ccc2c(c1)nc(C(C)(C)C)n2CC1CCOCC1.CNc1ccc2c(c1)nc(C(C)(C)C)n2CC1CCOCC1. The summed E-state index contributed by atoms with van der Waals surface area (Å²) in [7, 11) is 0.270. The molecule has 1 N–H and O–H groups in total. The smallest absolute Gasteiger partial charge is 0.234 e. The van der Waals surface area contributed by atoms with E-state index in [2.05, 4.69) is 81.1 Å². The van der Waals surface area contributed by atoms with Gasteiger partial charge in [-0.05, 0) is 80.3 Å². The Morgan fingerprint density at radius 2 is 1.25 bits per heavy atom. The molecule has 4 heterocycles. The second-order valence-corrected chi connectivity index (χ2v) is 18.9. The molecule has 4 aromatic rings. The molecule has 0 radical (unpaired) electrons. The van der Waals surface area contributed by atoms with Gasteiger partial charge in [-0.2, -0.15) is 0 Å². The van der Waals surface area contributed by atoms with E-state index in [0.717, 1.165) is 106 Å². The van der Waals surface area contributed by atoms with Crippen LogP contribution in [0.2, 0.25) is 0 Å². The van der Waals surface area contributed by atoms with Crippen LogP contribution in [0.5, 0.6) is 0 Å². The number of imidazole rings is 2. The minimum absolute atomic E-state index is 0.0456. The Kier molecular flexibility index (Phi) is 13.0. The fraction of sp³-hybridized carbons (Fsp3) is 0.659. The van der Waals surface area contributed by atoms with Crippen molar-refractivity contribution in [1.29, 1.82) is 0 Å². The second kappa shape index (κ2) is 16.9. The number of fused-ring (bicyclic) bond motifs is 2. The molecule has 2 aromatic heterocycles. The lowest BCUT2D eigenvalue weighted by Gasteiger charge is -2.26. The minimum atomic E-state index is -3.32. The summed E-state index contributed by atoms with van der Waals surface area (Å²) in [5.74, 6) is 3.69. The molecule has 2 aliphatic heterocycles. The highest BCUT2D eigenvalue weighted by Gasteiger charge is 2.28. The lowest BCUT2D eigenvalue weighted by molar-refractivity contribution is 0.0610. The fourth-order valence-corrected chi connectivity index (χ4v) is 8.60. The van der Waals surface area contributed by atoms with Gasteiger partial charge in [0.25, 0.3) is 0 Å². The number of benzene rings is 2. The Labute approximate surface area is 312 Å². The van der Waals surface area contributed by atoms with E-state index in [1.54, 1.807) is 7.05 Å². The van der Waals surface area contributed by atoms with Crippen LogP contribution in [0.1, 0.15) is 105 Å². The third-order valence-corrected chi connectivity index (χ3v) is 12.3. The van der Waals surface area contributed by atoms with Crippen molar-refractivity contribution in [2.75, 3.05) is 55.9 Å². The van der Waals surface area contributed by atoms with Gasteiger partial charge >= 0.3 is 0 Å². The van der Waals surface area contributed by atoms with Crippen LogP contribution in [-0.2, 0) is 43.4 Å². The monoisotopic (exact) mass is 736 g/mol. The van der Waals surface area contributed by atoms with Crippen LogP contribution >= 0.6 is 0 Å². The van der Waals surface area contributed by atoms with E-state index >= 15 is 0 Å². The molecule has 11 heteroatoms. The molecular weight excluding hydrogens is 673 g/mol. The third kappa shape index (κ3) is 9.68. The maximum Gasteiger partial charge on any atom is 0.234 e. The van der Waals surface area contributed by atoms with Gasteiger partial charge in [0.15, 0.2) is 0 Å². The Bertz CT molecular complexity index is 1870. The van der Waals surface area contributed by atoms with E-state index in [1.165, 1.54) is 15.6 Å². The van der Waals surface area contributed by atoms with Crippen molar-refractivity contribution in [2.45, 2.75) is 117 Å². The van der Waals surface area contributed by atoms with Gasteiger partial charge in [-0.1, -0.05) is 61.3 Å². The van der Waals surface area contributed by atoms with Gasteiger partial charge in [0.2, 0.25) is 10.0 Å². The quantitative estimate of drug-likeness (QED) is 0.154. The van der Waals surface area contributed by atoms with Crippen LogP contribution < -0.4 is 9.62 Å². The van der Waals surface area contributed by atoms with Crippen molar-refractivity contribution in [3.8, 4) is 0 Å². The molecule has 0 bridgehead atoms. The number of hydrogen-bond donors (Lipinski definition) is 1. The zero-order valence-corrected chi connectivity index (χ0v) is 34.1. The highest BCUT2D eigenvalue weighted by molar-refractivity contribution is 7.92. The molecule has 2 fully saturated rings. The largest absolute Gasteiger partial charge is 0.388 e. The number of rotatable bonds is 11. The predicted octanol–water partition coefficient (Wildman–Crippen LogP) is 8.52. The number of unbranched alkanes of at least 4 members (excludes halogenated alkanes) is 2. The average molecular weight is 737 g/mol. The summed E-state index contributed by atoms with van der Waals surface area (Å²) in [6.07, 6.45) is 7.07. The van der Waals surface area contributed by atoms with E-state index < -0.39 is 10.0 Å². The van der Waals surface area contributed by atoms with E-state index in [0.29, 0.717) is 23.9 Å². The molecule has 2 saturated heterocycles. The summed E-state index contributed by atoms with van der Waals surface area (Å²) in [6, 6.07) is 12.3. The zero-order valence-electron chi connectivity index (χ0n) is 33.3.